The van der Waals surface area contributed by atoms with Gasteiger partial charge in [0.1, 0.15) is 10.8 Å². The van der Waals surface area contributed by atoms with E-state index in [0.29, 0.717) is 11.4 Å². The van der Waals surface area contributed by atoms with Crippen molar-refractivity contribution in [1.82, 2.24) is 20.3 Å². The van der Waals surface area contributed by atoms with Crippen LogP contribution in [-0.2, 0) is 6.54 Å². The molecule has 0 aliphatic rings. The number of hydrogen-bond donors (Lipinski definition) is 2. The molecule has 3 heterocycles. The van der Waals surface area contributed by atoms with Crippen LogP contribution in [0.25, 0.3) is 22.0 Å². The number of rotatable bonds is 5. The molecule has 0 aliphatic heterocycles. The third kappa shape index (κ3) is 3.52. The maximum absolute atomic E-state index is 12.3. The summed E-state index contributed by atoms with van der Waals surface area (Å²) in [7, 11) is 0. The van der Waals surface area contributed by atoms with Crippen molar-refractivity contribution in [2.45, 2.75) is 6.54 Å². The molecule has 4 rings (SSSR count). The molecule has 1 amide bonds. The fourth-order valence-corrected chi connectivity index (χ4v) is 3.99. The van der Waals surface area contributed by atoms with Crippen LogP contribution in [0.4, 0.5) is 0 Å². The molecule has 4 aromatic rings. The summed E-state index contributed by atoms with van der Waals surface area (Å²) in [5, 5.41) is 5.82. The molecule has 0 aliphatic carbocycles. The molecular formula is C18H14N4OS2. The largest absolute Gasteiger partial charge is 0.345 e. The van der Waals surface area contributed by atoms with Crippen LogP contribution in [0.3, 0.4) is 0 Å². The Labute approximate surface area is 152 Å². The molecule has 0 fully saturated rings. The number of carbonyl (C=O) groups is 1. The van der Waals surface area contributed by atoms with E-state index in [9.17, 15) is 4.79 Å². The van der Waals surface area contributed by atoms with Gasteiger partial charge in [-0.05, 0) is 12.1 Å². The fraction of sp³-hybridized carbons (Fsp3) is 0.0556. The van der Waals surface area contributed by atoms with E-state index in [-0.39, 0.29) is 5.91 Å². The highest BCUT2D eigenvalue weighted by atomic mass is 32.1. The van der Waals surface area contributed by atoms with Gasteiger partial charge < -0.3 is 10.3 Å². The number of imidazole rings is 1. The summed E-state index contributed by atoms with van der Waals surface area (Å²) in [6.07, 6.45) is 3.46. The topological polar surface area (TPSA) is 70.7 Å². The highest BCUT2D eigenvalue weighted by Crippen LogP contribution is 2.25. The summed E-state index contributed by atoms with van der Waals surface area (Å²) in [5.41, 5.74) is 2.02. The first kappa shape index (κ1) is 15.7. The summed E-state index contributed by atoms with van der Waals surface area (Å²) < 4.78 is 0. The van der Waals surface area contributed by atoms with Crippen LogP contribution >= 0.6 is 22.7 Å². The van der Waals surface area contributed by atoms with Crippen LogP contribution in [0.1, 0.15) is 14.7 Å². The molecule has 0 saturated carbocycles. The maximum Gasteiger partial charge on any atom is 0.261 e. The fourth-order valence-electron chi connectivity index (χ4n) is 2.36. The van der Waals surface area contributed by atoms with Crippen molar-refractivity contribution >= 4 is 28.6 Å². The predicted octanol–water partition coefficient (Wildman–Crippen LogP) is 4.19. The lowest BCUT2D eigenvalue weighted by atomic mass is 10.2. The number of nitrogens with zero attached hydrogens (tertiary/aromatic N) is 2. The van der Waals surface area contributed by atoms with Crippen LogP contribution in [0, 0.1) is 0 Å². The molecule has 0 saturated heterocycles. The van der Waals surface area contributed by atoms with Gasteiger partial charge in [0, 0.05) is 23.3 Å². The Balaban J connectivity index is 1.40. The minimum Gasteiger partial charge on any atom is -0.345 e. The van der Waals surface area contributed by atoms with Gasteiger partial charge in [-0.25, -0.2) is 9.97 Å². The molecule has 0 unspecified atom stereocenters. The van der Waals surface area contributed by atoms with Crippen LogP contribution < -0.4 is 5.32 Å². The van der Waals surface area contributed by atoms with Gasteiger partial charge in [0.2, 0.25) is 0 Å². The summed E-state index contributed by atoms with van der Waals surface area (Å²) >= 11 is 2.96. The lowest BCUT2D eigenvalue weighted by Gasteiger charge is -2.00. The normalized spacial score (nSPS) is 10.7. The van der Waals surface area contributed by atoms with E-state index >= 15 is 0 Å². The van der Waals surface area contributed by atoms with Crippen molar-refractivity contribution in [3.63, 3.8) is 0 Å². The first-order valence-electron chi connectivity index (χ1n) is 7.67. The van der Waals surface area contributed by atoms with Crippen LogP contribution in [-0.4, -0.2) is 20.9 Å². The molecule has 2 N–H and O–H groups in total. The molecule has 5 nitrogen and oxygen atoms in total. The van der Waals surface area contributed by atoms with E-state index in [4.69, 9.17) is 0 Å². The minimum absolute atomic E-state index is 0.0979. The van der Waals surface area contributed by atoms with E-state index in [1.54, 1.807) is 23.7 Å². The van der Waals surface area contributed by atoms with Crippen molar-refractivity contribution in [1.29, 1.82) is 0 Å². The first-order valence-corrected chi connectivity index (χ1v) is 9.37. The average molecular weight is 366 g/mol. The number of nitrogens with one attached hydrogen (secondary N) is 2. The van der Waals surface area contributed by atoms with Crippen LogP contribution in [0.2, 0.25) is 0 Å². The zero-order chi connectivity index (χ0) is 17.1. The molecule has 1 aromatic carbocycles. The average Bonchev–Trinajstić information content (AvgIpc) is 3.41. The van der Waals surface area contributed by atoms with E-state index in [2.05, 4.69) is 20.3 Å². The number of aromatic nitrogens is 3. The van der Waals surface area contributed by atoms with Gasteiger partial charge in [0.15, 0.2) is 0 Å². The number of benzene rings is 1. The third-order valence-electron chi connectivity index (χ3n) is 3.58. The van der Waals surface area contributed by atoms with Crippen LogP contribution in [0.15, 0.2) is 60.2 Å². The predicted molar refractivity (Wildman–Crippen MR) is 101 cm³/mol. The second kappa shape index (κ2) is 7.00. The van der Waals surface area contributed by atoms with Crippen LogP contribution in [0.5, 0.6) is 0 Å². The zero-order valence-electron chi connectivity index (χ0n) is 13.1. The van der Waals surface area contributed by atoms with Crippen molar-refractivity contribution < 1.29 is 4.79 Å². The van der Waals surface area contributed by atoms with Crippen molar-refractivity contribution in [2.75, 3.05) is 0 Å². The van der Waals surface area contributed by atoms with Crippen molar-refractivity contribution in [3.05, 3.63) is 70.1 Å². The summed E-state index contributed by atoms with van der Waals surface area (Å²) in [6.45, 7) is 0.421. The Hall–Kier alpha value is -2.77. The Morgan fingerprint density at radius 3 is 2.84 bits per heavy atom. The Morgan fingerprint density at radius 1 is 1.16 bits per heavy atom. The Kier molecular flexibility index (Phi) is 4.41. The molecule has 124 valence electrons. The van der Waals surface area contributed by atoms with E-state index in [0.717, 1.165) is 27.0 Å². The standard InChI is InChI=1S/C18H14N4OS2/c23-18(15-7-6-14(25-15)17-19-8-9-20-17)21-10-16-22-13(11-24-16)12-4-2-1-3-5-12/h1-9,11H,10H2,(H,19,20)(H,21,23). The first-order chi connectivity index (χ1) is 12.3. The lowest BCUT2D eigenvalue weighted by Crippen LogP contribution is -2.21. The molecule has 0 atom stereocenters. The lowest BCUT2D eigenvalue weighted by molar-refractivity contribution is 0.0955. The smallest absolute Gasteiger partial charge is 0.261 e. The number of carbonyl (C=O) groups excluding carboxylic acids is 1. The van der Waals surface area contributed by atoms with Gasteiger partial charge >= 0.3 is 0 Å². The SMILES string of the molecule is O=C(NCc1nc(-c2ccccc2)cs1)c1ccc(-c2ncc[nH]2)s1. The number of aromatic amines is 1. The highest BCUT2D eigenvalue weighted by Gasteiger charge is 2.12. The van der Waals surface area contributed by atoms with Gasteiger partial charge in [-0.15, -0.1) is 22.7 Å². The number of thiazole rings is 1. The second-order valence-electron chi connectivity index (χ2n) is 5.28. The van der Waals surface area contributed by atoms with E-state index < -0.39 is 0 Å². The number of hydrogen-bond acceptors (Lipinski definition) is 5. The highest BCUT2D eigenvalue weighted by molar-refractivity contribution is 7.17. The zero-order valence-corrected chi connectivity index (χ0v) is 14.7. The van der Waals surface area contributed by atoms with Crippen molar-refractivity contribution in [2.24, 2.45) is 0 Å². The van der Waals surface area contributed by atoms with E-state index in [1.807, 2.05) is 47.8 Å². The third-order valence-corrected chi connectivity index (χ3v) is 5.52. The second-order valence-corrected chi connectivity index (χ2v) is 7.30. The Morgan fingerprint density at radius 2 is 2.04 bits per heavy atom. The molecule has 0 spiro atoms. The number of thiophene rings is 1. The number of H-pyrrole nitrogens is 1. The molecule has 0 radical (unpaired) electrons. The van der Waals surface area contributed by atoms with E-state index in [1.165, 1.54) is 11.3 Å². The van der Waals surface area contributed by atoms with Gasteiger partial charge in [0.05, 0.1) is 22.0 Å². The van der Waals surface area contributed by atoms with Gasteiger partial charge in [-0.2, -0.15) is 0 Å². The summed E-state index contributed by atoms with van der Waals surface area (Å²) in [4.78, 5) is 25.7. The Bertz CT molecular complexity index is 974. The quantitative estimate of drug-likeness (QED) is 0.556. The minimum atomic E-state index is -0.0979. The molecular weight excluding hydrogens is 352 g/mol. The molecule has 3 aromatic heterocycles. The number of amides is 1. The summed E-state index contributed by atoms with van der Waals surface area (Å²) in [6, 6.07) is 13.7. The molecule has 25 heavy (non-hydrogen) atoms. The van der Waals surface area contributed by atoms with Gasteiger partial charge in [-0.1, -0.05) is 30.3 Å². The van der Waals surface area contributed by atoms with Crippen molar-refractivity contribution in [3.8, 4) is 22.0 Å². The van der Waals surface area contributed by atoms with Gasteiger partial charge in [-0.3, -0.25) is 4.79 Å². The monoisotopic (exact) mass is 366 g/mol. The molecule has 0 bridgehead atoms. The maximum atomic E-state index is 12.3. The molecule has 7 heteroatoms. The summed E-state index contributed by atoms with van der Waals surface area (Å²) in [5.74, 6) is 0.677. The van der Waals surface area contributed by atoms with Gasteiger partial charge in [0.25, 0.3) is 5.91 Å².